The summed E-state index contributed by atoms with van der Waals surface area (Å²) in [5.74, 6) is -0.435. The molecule has 0 saturated heterocycles. The quantitative estimate of drug-likeness (QED) is 0.347. The Labute approximate surface area is 207 Å². The van der Waals surface area contributed by atoms with E-state index < -0.39 is 11.6 Å². The van der Waals surface area contributed by atoms with E-state index in [1.54, 1.807) is 24.3 Å². The lowest BCUT2D eigenvalue weighted by atomic mass is 9.78. The summed E-state index contributed by atoms with van der Waals surface area (Å²) >= 11 is 0. The zero-order valence-corrected chi connectivity index (χ0v) is 20.9. The average molecular weight is 487 g/mol. The summed E-state index contributed by atoms with van der Waals surface area (Å²) in [6, 6.07) is 8.55. The fourth-order valence-corrected chi connectivity index (χ4v) is 5.78. The zero-order valence-electron chi connectivity index (χ0n) is 20.9. The second-order valence-corrected chi connectivity index (χ2v) is 10.1. The molecule has 35 heavy (non-hydrogen) atoms. The van der Waals surface area contributed by atoms with E-state index in [-0.39, 0.29) is 23.4 Å². The Balaban J connectivity index is 1.29. The monoisotopic (exact) mass is 486 g/mol. The van der Waals surface area contributed by atoms with Crippen LogP contribution in [0.1, 0.15) is 88.2 Å². The lowest BCUT2D eigenvalue weighted by Gasteiger charge is -2.29. The van der Waals surface area contributed by atoms with Crippen molar-refractivity contribution in [1.82, 2.24) is 0 Å². The van der Waals surface area contributed by atoms with E-state index >= 15 is 0 Å². The molecule has 0 heterocycles. The van der Waals surface area contributed by atoms with Crippen LogP contribution >= 0.6 is 0 Å². The predicted octanol–water partition coefficient (Wildman–Crippen LogP) is 8.71. The third-order valence-electron chi connectivity index (χ3n) is 7.80. The minimum absolute atomic E-state index is 0.00422. The van der Waals surface area contributed by atoms with Crippen LogP contribution in [0.15, 0.2) is 42.5 Å². The Morgan fingerprint density at radius 2 is 1.49 bits per heavy atom. The molecule has 0 spiro atoms. The SMILES string of the molecule is C/C=C/C1CCC(c2ccc(OCC3CCC(c4ccc(OCC)c(F)c4)CC3)c(F)c2F)CC1. The molecule has 2 saturated carbocycles. The molecule has 4 rings (SSSR count). The molecule has 2 aliphatic rings. The fourth-order valence-electron chi connectivity index (χ4n) is 5.78. The van der Waals surface area contributed by atoms with Crippen molar-refractivity contribution in [1.29, 1.82) is 0 Å². The molecule has 0 amide bonds. The molecule has 0 aromatic heterocycles. The van der Waals surface area contributed by atoms with Gasteiger partial charge in [-0.05, 0) is 118 Å². The van der Waals surface area contributed by atoms with Gasteiger partial charge in [-0.25, -0.2) is 8.78 Å². The zero-order chi connectivity index (χ0) is 24.8. The van der Waals surface area contributed by atoms with Gasteiger partial charge in [-0.1, -0.05) is 24.3 Å². The van der Waals surface area contributed by atoms with Crippen LogP contribution in [0.4, 0.5) is 13.2 Å². The highest BCUT2D eigenvalue weighted by atomic mass is 19.2. The molecule has 2 nitrogen and oxygen atoms in total. The second-order valence-electron chi connectivity index (χ2n) is 10.1. The first-order valence-electron chi connectivity index (χ1n) is 13.2. The van der Waals surface area contributed by atoms with E-state index in [2.05, 4.69) is 12.2 Å². The van der Waals surface area contributed by atoms with Gasteiger partial charge in [-0.3, -0.25) is 0 Å². The highest BCUT2D eigenvalue weighted by Crippen LogP contribution is 2.40. The maximum atomic E-state index is 14.9. The van der Waals surface area contributed by atoms with Crippen molar-refractivity contribution in [2.75, 3.05) is 13.2 Å². The van der Waals surface area contributed by atoms with Crippen molar-refractivity contribution < 1.29 is 22.6 Å². The first kappa shape index (κ1) is 25.7. The van der Waals surface area contributed by atoms with Crippen molar-refractivity contribution in [3.8, 4) is 11.5 Å². The molecule has 2 aromatic carbocycles. The summed E-state index contributed by atoms with van der Waals surface area (Å²) in [5, 5.41) is 0. The van der Waals surface area contributed by atoms with Gasteiger partial charge in [0.2, 0.25) is 5.82 Å². The summed E-state index contributed by atoms with van der Waals surface area (Å²) in [4.78, 5) is 0. The Morgan fingerprint density at radius 3 is 2.14 bits per heavy atom. The number of benzene rings is 2. The van der Waals surface area contributed by atoms with Gasteiger partial charge in [0, 0.05) is 0 Å². The van der Waals surface area contributed by atoms with Crippen LogP contribution in [0, 0.1) is 29.3 Å². The number of ether oxygens (including phenoxy) is 2. The smallest absolute Gasteiger partial charge is 0.200 e. The van der Waals surface area contributed by atoms with E-state index in [1.807, 2.05) is 19.9 Å². The molecule has 0 atom stereocenters. The molecule has 0 bridgehead atoms. The Hall–Kier alpha value is -2.43. The molecule has 0 unspecified atom stereocenters. The van der Waals surface area contributed by atoms with Crippen molar-refractivity contribution in [2.24, 2.45) is 11.8 Å². The third-order valence-corrected chi connectivity index (χ3v) is 7.80. The van der Waals surface area contributed by atoms with Crippen molar-refractivity contribution in [3.05, 3.63) is 71.1 Å². The minimum Gasteiger partial charge on any atom is -0.491 e. The number of rotatable bonds is 8. The summed E-state index contributed by atoms with van der Waals surface area (Å²) in [7, 11) is 0. The minimum atomic E-state index is -0.864. The molecule has 2 aromatic rings. The maximum absolute atomic E-state index is 14.9. The second kappa shape index (κ2) is 12.0. The maximum Gasteiger partial charge on any atom is 0.200 e. The van der Waals surface area contributed by atoms with Gasteiger partial charge in [0.25, 0.3) is 0 Å². The highest BCUT2D eigenvalue weighted by Gasteiger charge is 2.27. The van der Waals surface area contributed by atoms with Gasteiger partial charge < -0.3 is 9.47 Å². The molecule has 190 valence electrons. The number of halogens is 3. The van der Waals surface area contributed by atoms with Crippen molar-refractivity contribution in [3.63, 3.8) is 0 Å². The van der Waals surface area contributed by atoms with E-state index in [4.69, 9.17) is 9.47 Å². The predicted molar refractivity (Wildman–Crippen MR) is 134 cm³/mol. The van der Waals surface area contributed by atoms with Gasteiger partial charge in [0.15, 0.2) is 23.1 Å². The first-order chi connectivity index (χ1) is 17.0. The summed E-state index contributed by atoms with van der Waals surface area (Å²) in [6.07, 6.45) is 11.8. The summed E-state index contributed by atoms with van der Waals surface area (Å²) in [5.41, 5.74) is 1.48. The van der Waals surface area contributed by atoms with E-state index in [0.717, 1.165) is 56.9 Å². The third kappa shape index (κ3) is 6.23. The molecular formula is C30H37F3O2. The van der Waals surface area contributed by atoms with Crippen molar-refractivity contribution in [2.45, 2.75) is 77.0 Å². The van der Waals surface area contributed by atoms with Gasteiger partial charge in [0.1, 0.15) is 0 Å². The highest BCUT2D eigenvalue weighted by molar-refractivity contribution is 5.34. The number of allylic oxidation sites excluding steroid dienone is 2. The van der Waals surface area contributed by atoms with Gasteiger partial charge in [-0.2, -0.15) is 4.39 Å². The topological polar surface area (TPSA) is 18.5 Å². The lowest BCUT2D eigenvalue weighted by molar-refractivity contribution is 0.192. The fraction of sp³-hybridized carbons (Fsp3) is 0.533. The summed E-state index contributed by atoms with van der Waals surface area (Å²) < 4.78 is 55.0. The first-order valence-corrected chi connectivity index (χ1v) is 13.2. The van der Waals surface area contributed by atoms with Crippen LogP contribution in [-0.2, 0) is 0 Å². The van der Waals surface area contributed by atoms with Gasteiger partial charge in [0.05, 0.1) is 13.2 Å². The number of hydrogen-bond acceptors (Lipinski definition) is 2. The average Bonchev–Trinajstić information content (AvgIpc) is 2.87. The molecule has 0 N–H and O–H groups in total. The molecule has 0 radical (unpaired) electrons. The standard InChI is InChI=1S/C30H37F3O2/c1-3-5-20-6-12-23(13-7-20)25-15-17-28(30(33)29(25)32)35-19-21-8-10-22(11-9-21)24-14-16-27(34-4-2)26(31)18-24/h3,5,14-18,20-23H,4,6-13,19H2,1-2H3/b5-3+. The lowest BCUT2D eigenvalue weighted by Crippen LogP contribution is -2.20. The molecular weight excluding hydrogens is 449 g/mol. The Bertz CT molecular complexity index is 1000. The van der Waals surface area contributed by atoms with E-state index in [9.17, 15) is 13.2 Å². The van der Waals surface area contributed by atoms with Crippen LogP contribution in [0.5, 0.6) is 11.5 Å². The van der Waals surface area contributed by atoms with Gasteiger partial charge >= 0.3 is 0 Å². The molecule has 2 fully saturated rings. The molecule has 0 aliphatic heterocycles. The number of hydrogen-bond donors (Lipinski definition) is 0. The van der Waals surface area contributed by atoms with E-state index in [1.165, 1.54) is 0 Å². The van der Waals surface area contributed by atoms with Crippen LogP contribution < -0.4 is 9.47 Å². The van der Waals surface area contributed by atoms with Crippen LogP contribution in [0.3, 0.4) is 0 Å². The normalized spacial score (nSPS) is 25.1. The molecule has 5 heteroatoms. The Morgan fingerprint density at radius 1 is 0.800 bits per heavy atom. The van der Waals surface area contributed by atoms with E-state index in [0.29, 0.717) is 36.4 Å². The van der Waals surface area contributed by atoms with Crippen molar-refractivity contribution >= 4 is 0 Å². The van der Waals surface area contributed by atoms with Gasteiger partial charge in [-0.15, -0.1) is 0 Å². The largest absolute Gasteiger partial charge is 0.491 e. The Kier molecular flexibility index (Phi) is 8.80. The van der Waals surface area contributed by atoms with Crippen LogP contribution in [0.25, 0.3) is 0 Å². The van der Waals surface area contributed by atoms with Crippen LogP contribution in [0.2, 0.25) is 0 Å². The summed E-state index contributed by atoms with van der Waals surface area (Å²) in [6.45, 7) is 4.66. The molecule has 2 aliphatic carbocycles. The van der Waals surface area contributed by atoms with Crippen LogP contribution in [-0.4, -0.2) is 13.2 Å².